The van der Waals surface area contributed by atoms with Crippen LogP contribution in [0.25, 0.3) is 0 Å². The van der Waals surface area contributed by atoms with Gasteiger partial charge in [0, 0.05) is 26.2 Å². The average Bonchev–Trinajstić information content (AvgIpc) is 2.38. The summed E-state index contributed by atoms with van der Waals surface area (Å²) in [5.41, 5.74) is 2.49. The summed E-state index contributed by atoms with van der Waals surface area (Å²) < 4.78 is 11.5. The topological polar surface area (TPSA) is 33.7 Å². The van der Waals surface area contributed by atoms with Crippen LogP contribution in [-0.2, 0) is 4.74 Å². The van der Waals surface area contributed by atoms with E-state index in [0.29, 0.717) is 12.7 Å². The molecule has 4 nitrogen and oxygen atoms in total. The minimum absolute atomic E-state index is 0.301. The van der Waals surface area contributed by atoms with E-state index in [2.05, 4.69) is 49.3 Å². The zero-order chi connectivity index (χ0) is 14.4. The van der Waals surface area contributed by atoms with Crippen LogP contribution < -0.4 is 10.1 Å². The molecule has 1 aromatic rings. The molecule has 112 valence electrons. The van der Waals surface area contributed by atoms with Crippen LogP contribution in [0.4, 0.5) is 0 Å². The zero-order valence-electron chi connectivity index (χ0n) is 12.8. The quantitative estimate of drug-likeness (QED) is 0.857. The van der Waals surface area contributed by atoms with Crippen molar-refractivity contribution in [1.29, 1.82) is 0 Å². The molecule has 0 aromatic heterocycles. The second-order valence-corrected chi connectivity index (χ2v) is 5.63. The van der Waals surface area contributed by atoms with Crippen LogP contribution in [0.1, 0.15) is 11.1 Å². The van der Waals surface area contributed by atoms with Crippen LogP contribution in [0.15, 0.2) is 18.2 Å². The second-order valence-electron chi connectivity index (χ2n) is 5.63. The van der Waals surface area contributed by atoms with Crippen molar-refractivity contribution in [1.82, 2.24) is 10.2 Å². The van der Waals surface area contributed by atoms with Crippen molar-refractivity contribution in [3.8, 4) is 5.75 Å². The van der Waals surface area contributed by atoms with Gasteiger partial charge in [-0.05, 0) is 44.2 Å². The van der Waals surface area contributed by atoms with Crippen LogP contribution in [0.3, 0.4) is 0 Å². The number of rotatable bonds is 6. The molecule has 0 aliphatic carbocycles. The van der Waals surface area contributed by atoms with Crippen molar-refractivity contribution < 1.29 is 9.47 Å². The molecule has 1 heterocycles. The largest absolute Gasteiger partial charge is 0.492 e. The third-order valence-corrected chi connectivity index (χ3v) is 3.46. The Kier molecular flexibility index (Phi) is 5.83. The smallest absolute Gasteiger partial charge is 0.119 e. The number of nitrogens with zero attached hydrogens (tertiary/aromatic N) is 1. The molecule has 1 N–H and O–H groups in total. The fraction of sp³-hybridized carbons (Fsp3) is 0.625. The molecule has 0 bridgehead atoms. The summed E-state index contributed by atoms with van der Waals surface area (Å²) in [5, 5.41) is 3.35. The highest BCUT2D eigenvalue weighted by atomic mass is 16.5. The SMILES string of the molecule is Cc1cc(C)cc(OCCN(C)CC2CNCCO2)c1. The standard InChI is InChI=1S/C16H26N2O2/c1-13-8-14(2)10-15(9-13)20-7-5-18(3)12-16-11-17-4-6-19-16/h8-10,16-17H,4-7,11-12H2,1-3H3. The first kappa shape index (κ1) is 15.3. The van der Waals surface area contributed by atoms with Crippen LogP contribution in [-0.4, -0.2) is 57.4 Å². The van der Waals surface area contributed by atoms with Gasteiger partial charge < -0.3 is 19.7 Å². The van der Waals surface area contributed by atoms with Crippen LogP contribution >= 0.6 is 0 Å². The second kappa shape index (κ2) is 7.62. The maximum absolute atomic E-state index is 5.83. The Hall–Kier alpha value is -1.10. The fourth-order valence-corrected chi connectivity index (χ4v) is 2.51. The predicted molar refractivity (Wildman–Crippen MR) is 81.5 cm³/mol. The van der Waals surface area contributed by atoms with Crippen LogP contribution in [0.2, 0.25) is 0 Å². The number of nitrogens with one attached hydrogen (secondary N) is 1. The molecule has 20 heavy (non-hydrogen) atoms. The maximum Gasteiger partial charge on any atom is 0.119 e. The summed E-state index contributed by atoms with van der Waals surface area (Å²) >= 11 is 0. The first-order valence-electron chi connectivity index (χ1n) is 7.35. The Bertz CT molecular complexity index is 397. The predicted octanol–water partition coefficient (Wildman–Crippen LogP) is 1.60. The lowest BCUT2D eigenvalue weighted by molar-refractivity contribution is 0.00848. The number of likely N-dealkylation sites (N-methyl/N-ethyl adjacent to an activating group) is 1. The van der Waals surface area contributed by atoms with Gasteiger partial charge in [0.2, 0.25) is 0 Å². The fourth-order valence-electron chi connectivity index (χ4n) is 2.51. The molecule has 1 atom stereocenters. The number of ether oxygens (including phenoxy) is 2. The highest BCUT2D eigenvalue weighted by Gasteiger charge is 2.15. The van der Waals surface area contributed by atoms with E-state index in [1.807, 2.05) is 0 Å². The van der Waals surface area contributed by atoms with E-state index in [0.717, 1.165) is 38.5 Å². The molecule has 0 spiro atoms. The van der Waals surface area contributed by atoms with Gasteiger partial charge >= 0.3 is 0 Å². The van der Waals surface area contributed by atoms with Gasteiger partial charge in [-0.25, -0.2) is 0 Å². The third kappa shape index (κ3) is 5.12. The van der Waals surface area contributed by atoms with Crippen molar-refractivity contribution in [2.24, 2.45) is 0 Å². The van der Waals surface area contributed by atoms with Gasteiger partial charge in [-0.1, -0.05) is 6.07 Å². The molecule has 1 saturated heterocycles. The number of hydrogen-bond acceptors (Lipinski definition) is 4. The molecule has 0 radical (unpaired) electrons. The molecule has 4 heteroatoms. The summed E-state index contributed by atoms with van der Waals surface area (Å²) in [7, 11) is 2.11. The molecule has 2 rings (SSSR count). The van der Waals surface area contributed by atoms with Crippen molar-refractivity contribution in [3.05, 3.63) is 29.3 Å². The minimum Gasteiger partial charge on any atom is -0.492 e. The Balaban J connectivity index is 1.69. The summed E-state index contributed by atoms with van der Waals surface area (Å²) in [6.45, 7) is 9.49. The first-order valence-corrected chi connectivity index (χ1v) is 7.35. The Morgan fingerprint density at radius 3 is 2.70 bits per heavy atom. The maximum atomic E-state index is 5.83. The molecule has 1 aliphatic rings. The molecule has 1 unspecified atom stereocenters. The lowest BCUT2D eigenvalue weighted by Gasteiger charge is -2.27. The molecule has 1 aliphatic heterocycles. The number of benzene rings is 1. The van der Waals surface area contributed by atoms with Crippen molar-refractivity contribution in [3.63, 3.8) is 0 Å². The number of hydrogen-bond donors (Lipinski definition) is 1. The van der Waals surface area contributed by atoms with Crippen molar-refractivity contribution in [2.45, 2.75) is 20.0 Å². The van der Waals surface area contributed by atoms with E-state index < -0.39 is 0 Å². The van der Waals surface area contributed by atoms with Crippen molar-refractivity contribution >= 4 is 0 Å². The third-order valence-electron chi connectivity index (χ3n) is 3.46. The average molecular weight is 278 g/mol. The van der Waals surface area contributed by atoms with Gasteiger partial charge in [0.05, 0.1) is 12.7 Å². The molecular weight excluding hydrogens is 252 g/mol. The molecular formula is C16H26N2O2. The highest BCUT2D eigenvalue weighted by Crippen LogP contribution is 2.16. The molecule has 1 fully saturated rings. The zero-order valence-corrected chi connectivity index (χ0v) is 12.8. The highest BCUT2D eigenvalue weighted by molar-refractivity contribution is 5.32. The Morgan fingerprint density at radius 1 is 1.30 bits per heavy atom. The summed E-state index contributed by atoms with van der Waals surface area (Å²) in [4.78, 5) is 2.26. The first-order chi connectivity index (χ1) is 9.63. The Labute approximate surface area is 122 Å². The van der Waals surface area contributed by atoms with E-state index in [1.54, 1.807) is 0 Å². The van der Waals surface area contributed by atoms with E-state index in [-0.39, 0.29) is 0 Å². The van der Waals surface area contributed by atoms with Crippen LogP contribution in [0.5, 0.6) is 5.75 Å². The molecule has 0 amide bonds. The summed E-state index contributed by atoms with van der Waals surface area (Å²) in [6, 6.07) is 6.33. The Morgan fingerprint density at radius 2 is 2.05 bits per heavy atom. The minimum atomic E-state index is 0.301. The van der Waals surface area contributed by atoms with Gasteiger partial charge in [0.15, 0.2) is 0 Å². The van der Waals surface area contributed by atoms with Crippen molar-refractivity contribution in [2.75, 3.05) is 46.4 Å². The lowest BCUT2D eigenvalue weighted by Crippen LogP contribution is -2.45. The van der Waals surface area contributed by atoms with Gasteiger partial charge in [-0.2, -0.15) is 0 Å². The van der Waals surface area contributed by atoms with E-state index in [9.17, 15) is 0 Å². The lowest BCUT2D eigenvalue weighted by atomic mass is 10.1. The van der Waals surface area contributed by atoms with E-state index in [4.69, 9.17) is 9.47 Å². The number of aryl methyl sites for hydroxylation is 2. The summed E-state index contributed by atoms with van der Waals surface area (Å²) in [5.74, 6) is 0.964. The van der Waals surface area contributed by atoms with Crippen LogP contribution in [0, 0.1) is 13.8 Å². The monoisotopic (exact) mass is 278 g/mol. The van der Waals surface area contributed by atoms with Gasteiger partial charge in [0.25, 0.3) is 0 Å². The summed E-state index contributed by atoms with van der Waals surface area (Å²) in [6.07, 6.45) is 0.301. The normalized spacial score (nSPS) is 19.3. The van der Waals surface area contributed by atoms with Gasteiger partial charge in [-0.15, -0.1) is 0 Å². The molecule has 0 saturated carbocycles. The van der Waals surface area contributed by atoms with Gasteiger partial charge in [-0.3, -0.25) is 0 Å². The van der Waals surface area contributed by atoms with E-state index >= 15 is 0 Å². The van der Waals surface area contributed by atoms with E-state index in [1.165, 1.54) is 11.1 Å². The molecule has 1 aromatic carbocycles. The number of morpholine rings is 1. The van der Waals surface area contributed by atoms with Gasteiger partial charge in [0.1, 0.15) is 12.4 Å².